The number of nitrogens with zero attached hydrogens (tertiary/aromatic N) is 1. The Hall–Kier alpha value is -1.91. The molecule has 0 spiro atoms. The van der Waals surface area contributed by atoms with Crippen molar-refractivity contribution in [2.75, 3.05) is 5.32 Å². The molecule has 2 aromatic rings. The lowest BCUT2D eigenvalue weighted by atomic mass is 10.1. The van der Waals surface area contributed by atoms with Gasteiger partial charge in [-0.1, -0.05) is 48.4 Å². The number of hydrogen-bond donors (Lipinski definition) is 2. The van der Waals surface area contributed by atoms with E-state index >= 15 is 0 Å². The summed E-state index contributed by atoms with van der Waals surface area (Å²) in [4.78, 5) is 0. The Morgan fingerprint density at radius 1 is 1.17 bits per heavy atom. The van der Waals surface area contributed by atoms with Crippen LogP contribution in [0.2, 0.25) is 5.02 Å². The molecule has 2 rings (SSSR count). The van der Waals surface area contributed by atoms with Crippen molar-refractivity contribution in [3.63, 3.8) is 0 Å². The fraction of sp³-hybridized carbons (Fsp3) is 0.222. The first-order chi connectivity index (χ1) is 11.0. The van der Waals surface area contributed by atoms with Gasteiger partial charge in [0.1, 0.15) is 0 Å². The van der Waals surface area contributed by atoms with E-state index in [-0.39, 0.29) is 0 Å². The number of nitrogens with one attached hydrogen (secondary N) is 2. The van der Waals surface area contributed by atoms with E-state index in [4.69, 9.17) is 23.8 Å². The van der Waals surface area contributed by atoms with Crippen LogP contribution < -0.4 is 10.7 Å². The molecule has 3 nitrogen and oxygen atoms in total. The normalized spacial score (nSPS) is 11.2. The summed E-state index contributed by atoms with van der Waals surface area (Å²) in [6, 6.07) is 13.8. The fourth-order valence-corrected chi connectivity index (χ4v) is 2.58. The van der Waals surface area contributed by atoms with Crippen LogP contribution in [0, 0.1) is 13.8 Å². The molecular weight excluding hydrogens is 326 g/mol. The highest BCUT2D eigenvalue weighted by Crippen LogP contribution is 2.16. The molecule has 0 aliphatic rings. The van der Waals surface area contributed by atoms with E-state index in [1.165, 1.54) is 5.56 Å². The van der Waals surface area contributed by atoms with E-state index in [1.807, 2.05) is 50.2 Å². The Balaban J connectivity index is 2.06. The smallest absolute Gasteiger partial charge is 0.191 e. The molecule has 0 amide bonds. The first-order valence-corrected chi connectivity index (χ1v) is 8.25. The lowest BCUT2D eigenvalue weighted by Crippen LogP contribution is -2.25. The van der Waals surface area contributed by atoms with Crippen LogP contribution in [-0.2, 0) is 0 Å². The Labute approximate surface area is 147 Å². The van der Waals surface area contributed by atoms with E-state index in [0.717, 1.165) is 28.9 Å². The van der Waals surface area contributed by atoms with Crippen molar-refractivity contribution in [3.05, 3.63) is 64.2 Å². The minimum Gasteiger partial charge on any atom is -0.331 e. The topological polar surface area (TPSA) is 36.4 Å². The summed E-state index contributed by atoms with van der Waals surface area (Å²) in [6.07, 6.45) is 0.777. The second kappa shape index (κ2) is 8.09. The van der Waals surface area contributed by atoms with Gasteiger partial charge in [0, 0.05) is 10.7 Å². The number of anilines is 1. The molecule has 0 unspecified atom stereocenters. The van der Waals surface area contributed by atoms with Gasteiger partial charge in [0.15, 0.2) is 5.11 Å². The van der Waals surface area contributed by atoms with Gasteiger partial charge in [0.25, 0.3) is 0 Å². The summed E-state index contributed by atoms with van der Waals surface area (Å²) >= 11 is 11.3. The summed E-state index contributed by atoms with van der Waals surface area (Å²) < 4.78 is 0. The maximum atomic E-state index is 6.03. The van der Waals surface area contributed by atoms with Crippen LogP contribution in [-0.4, -0.2) is 10.8 Å². The van der Waals surface area contributed by atoms with Crippen LogP contribution in [0.3, 0.4) is 0 Å². The molecule has 0 atom stereocenters. The zero-order valence-corrected chi connectivity index (χ0v) is 15.1. The highest BCUT2D eigenvalue weighted by molar-refractivity contribution is 7.80. The zero-order chi connectivity index (χ0) is 16.8. The fourth-order valence-electron chi connectivity index (χ4n) is 2.24. The third-order valence-electron chi connectivity index (χ3n) is 3.42. The maximum Gasteiger partial charge on any atom is 0.191 e. The van der Waals surface area contributed by atoms with Crippen molar-refractivity contribution in [2.24, 2.45) is 5.10 Å². The van der Waals surface area contributed by atoms with E-state index < -0.39 is 0 Å². The first kappa shape index (κ1) is 17.4. The van der Waals surface area contributed by atoms with Crippen molar-refractivity contribution in [1.82, 2.24) is 5.43 Å². The first-order valence-electron chi connectivity index (χ1n) is 7.46. The Morgan fingerprint density at radius 2 is 1.96 bits per heavy atom. The average molecular weight is 346 g/mol. The van der Waals surface area contributed by atoms with Gasteiger partial charge in [-0.2, -0.15) is 5.10 Å². The molecule has 2 N–H and O–H groups in total. The summed E-state index contributed by atoms with van der Waals surface area (Å²) in [5, 5.41) is 8.73. The standard InChI is InChI=1S/C18H20ClN3S/c1-4-16(14-6-5-7-15(19)11-14)21-22-18(23)20-17-9-8-12(2)10-13(17)3/h5-11H,4H2,1-3H3,(H2,20,22,23). The number of hydrogen-bond acceptors (Lipinski definition) is 2. The van der Waals surface area contributed by atoms with Gasteiger partial charge in [0.05, 0.1) is 5.71 Å². The minimum atomic E-state index is 0.463. The van der Waals surface area contributed by atoms with Crippen LogP contribution in [0.15, 0.2) is 47.6 Å². The van der Waals surface area contributed by atoms with Crippen molar-refractivity contribution in [3.8, 4) is 0 Å². The molecule has 120 valence electrons. The van der Waals surface area contributed by atoms with Crippen molar-refractivity contribution >= 4 is 40.3 Å². The number of thiocarbonyl (C=S) groups is 1. The van der Waals surface area contributed by atoms with Crippen LogP contribution in [0.4, 0.5) is 5.69 Å². The van der Waals surface area contributed by atoms with Crippen molar-refractivity contribution in [1.29, 1.82) is 0 Å². The zero-order valence-electron chi connectivity index (χ0n) is 13.5. The molecule has 0 heterocycles. The van der Waals surface area contributed by atoms with Gasteiger partial charge in [-0.05, 0) is 61.8 Å². The highest BCUT2D eigenvalue weighted by Gasteiger charge is 2.04. The molecular formula is C18H20ClN3S. The molecule has 0 bridgehead atoms. The van der Waals surface area contributed by atoms with Gasteiger partial charge in [-0.15, -0.1) is 0 Å². The van der Waals surface area contributed by atoms with Gasteiger partial charge in [-0.25, -0.2) is 0 Å². The number of hydrazone groups is 1. The number of rotatable bonds is 4. The van der Waals surface area contributed by atoms with E-state index in [1.54, 1.807) is 0 Å². The van der Waals surface area contributed by atoms with Gasteiger partial charge < -0.3 is 5.32 Å². The summed E-state index contributed by atoms with van der Waals surface area (Å²) in [6.45, 7) is 6.16. The monoisotopic (exact) mass is 345 g/mol. The quantitative estimate of drug-likeness (QED) is 0.462. The Bertz CT molecular complexity index is 741. The molecule has 5 heteroatoms. The molecule has 0 radical (unpaired) electrons. The summed E-state index contributed by atoms with van der Waals surface area (Å²) in [7, 11) is 0. The predicted octanol–water partition coefficient (Wildman–Crippen LogP) is 5.06. The molecule has 2 aromatic carbocycles. The van der Waals surface area contributed by atoms with Gasteiger partial charge >= 0.3 is 0 Å². The van der Waals surface area contributed by atoms with Gasteiger partial charge in [-0.3, -0.25) is 5.43 Å². The Kier molecular flexibility index (Phi) is 6.13. The van der Waals surface area contributed by atoms with E-state index in [0.29, 0.717) is 10.1 Å². The van der Waals surface area contributed by atoms with E-state index in [9.17, 15) is 0 Å². The largest absolute Gasteiger partial charge is 0.331 e. The molecule has 0 aliphatic carbocycles. The third-order valence-corrected chi connectivity index (χ3v) is 3.84. The van der Waals surface area contributed by atoms with E-state index in [2.05, 4.69) is 28.8 Å². The number of benzene rings is 2. The Morgan fingerprint density at radius 3 is 2.61 bits per heavy atom. The third kappa shape index (κ3) is 5.05. The molecule has 0 aromatic heterocycles. The second-order valence-electron chi connectivity index (χ2n) is 5.31. The molecule has 0 saturated carbocycles. The lowest BCUT2D eigenvalue weighted by Gasteiger charge is -2.11. The van der Waals surface area contributed by atoms with Crippen molar-refractivity contribution < 1.29 is 0 Å². The second-order valence-corrected chi connectivity index (χ2v) is 6.15. The lowest BCUT2D eigenvalue weighted by molar-refractivity contribution is 1.02. The molecule has 0 fully saturated rings. The molecule has 23 heavy (non-hydrogen) atoms. The molecule has 0 aliphatic heterocycles. The highest BCUT2D eigenvalue weighted by atomic mass is 35.5. The summed E-state index contributed by atoms with van der Waals surface area (Å²) in [5.41, 5.74) is 8.13. The van der Waals surface area contributed by atoms with Crippen LogP contribution in [0.5, 0.6) is 0 Å². The minimum absolute atomic E-state index is 0.463. The molecule has 0 saturated heterocycles. The van der Waals surface area contributed by atoms with Crippen molar-refractivity contribution in [2.45, 2.75) is 27.2 Å². The number of aryl methyl sites for hydroxylation is 2. The SMILES string of the molecule is CCC(=NNC(=S)Nc1ccc(C)cc1C)c1cccc(Cl)c1. The average Bonchev–Trinajstić information content (AvgIpc) is 2.51. The van der Waals surface area contributed by atoms with Crippen LogP contribution in [0.1, 0.15) is 30.0 Å². The van der Waals surface area contributed by atoms with Crippen LogP contribution >= 0.6 is 23.8 Å². The maximum absolute atomic E-state index is 6.03. The number of halogens is 1. The van der Waals surface area contributed by atoms with Crippen LogP contribution in [0.25, 0.3) is 0 Å². The summed E-state index contributed by atoms with van der Waals surface area (Å²) in [5.74, 6) is 0. The van der Waals surface area contributed by atoms with Gasteiger partial charge in [0.2, 0.25) is 0 Å². The predicted molar refractivity (Wildman–Crippen MR) is 104 cm³/mol.